The molecule has 0 fully saturated rings. The third-order valence-corrected chi connectivity index (χ3v) is 6.26. The molecule has 4 heteroatoms. The van der Waals surface area contributed by atoms with Crippen LogP contribution in [0.15, 0.2) is 12.3 Å². The first-order valence-electron chi connectivity index (χ1n) is 10.7. The average Bonchev–Trinajstić information content (AvgIpc) is 3.09. The van der Waals surface area contributed by atoms with Gasteiger partial charge in [-0.1, -0.05) is 52.7 Å². The molecule has 0 spiro atoms. The van der Waals surface area contributed by atoms with Crippen molar-refractivity contribution in [2.24, 2.45) is 5.92 Å². The summed E-state index contributed by atoms with van der Waals surface area (Å²) in [4.78, 5) is 14.7. The zero-order valence-electron chi connectivity index (χ0n) is 17.7. The average molecular weight is 377 g/mol. The smallest absolute Gasteiger partial charge is 0.162 e. The van der Waals surface area contributed by atoms with E-state index in [4.69, 9.17) is 15.7 Å². The van der Waals surface area contributed by atoms with Crippen molar-refractivity contribution in [2.75, 3.05) is 5.73 Å². The van der Waals surface area contributed by atoms with Crippen LogP contribution in [0.4, 0.5) is 5.69 Å². The molecule has 0 amide bonds. The summed E-state index contributed by atoms with van der Waals surface area (Å²) in [5, 5.41) is 0. The zero-order chi connectivity index (χ0) is 19.9. The van der Waals surface area contributed by atoms with Crippen LogP contribution >= 0.6 is 0 Å². The Morgan fingerprint density at radius 1 is 1.11 bits per heavy atom. The second-order valence-corrected chi connectivity index (χ2v) is 9.33. The van der Waals surface area contributed by atoms with E-state index < -0.39 is 0 Å². The maximum Gasteiger partial charge on any atom is 0.162 e. The predicted molar refractivity (Wildman–Crippen MR) is 116 cm³/mol. The molecule has 0 bridgehead atoms. The number of nitrogen functional groups attached to an aromatic ring is 1. The van der Waals surface area contributed by atoms with E-state index >= 15 is 0 Å². The fourth-order valence-electron chi connectivity index (χ4n) is 4.65. The maximum absolute atomic E-state index is 6.38. The molecule has 0 aliphatic heterocycles. The zero-order valence-corrected chi connectivity index (χ0v) is 17.7. The fraction of sp³-hybridized carbons (Fsp3) is 0.542. The first-order valence-corrected chi connectivity index (χ1v) is 10.7. The molecule has 0 aromatic carbocycles. The molecule has 28 heavy (non-hydrogen) atoms. The van der Waals surface area contributed by atoms with Crippen molar-refractivity contribution in [1.82, 2.24) is 15.0 Å². The highest BCUT2D eigenvalue weighted by molar-refractivity contribution is 5.83. The number of anilines is 1. The highest BCUT2D eigenvalue weighted by Crippen LogP contribution is 2.37. The Morgan fingerprint density at radius 3 is 2.68 bits per heavy atom. The molecule has 4 nitrogen and oxygen atoms in total. The van der Waals surface area contributed by atoms with E-state index in [0.29, 0.717) is 5.69 Å². The fourth-order valence-corrected chi connectivity index (χ4v) is 4.65. The highest BCUT2D eigenvalue weighted by atomic mass is 14.9. The Morgan fingerprint density at radius 2 is 1.93 bits per heavy atom. The van der Waals surface area contributed by atoms with Gasteiger partial charge in [-0.2, -0.15) is 0 Å². The molecular weight excluding hydrogens is 344 g/mol. The van der Waals surface area contributed by atoms with E-state index in [9.17, 15) is 0 Å². The van der Waals surface area contributed by atoms with Crippen LogP contribution in [0.5, 0.6) is 0 Å². The van der Waals surface area contributed by atoms with Crippen molar-refractivity contribution in [3.63, 3.8) is 0 Å². The van der Waals surface area contributed by atoms with Crippen LogP contribution in [0.1, 0.15) is 81.6 Å². The largest absolute Gasteiger partial charge is 0.397 e. The summed E-state index contributed by atoms with van der Waals surface area (Å²) in [5.41, 5.74) is 14.0. The number of aromatic nitrogens is 3. The Kier molecular flexibility index (Phi) is 4.98. The lowest BCUT2D eigenvalue weighted by Crippen LogP contribution is -2.22. The van der Waals surface area contributed by atoms with Crippen LogP contribution in [0.3, 0.4) is 0 Å². The van der Waals surface area contributed by atoms with Gasteiger partial charge in [0.25, 0.3) is 0 Å². The summed E-state index contributed by atoms with van der Waals surface area (Å²) in [6.07, 6.45) is 14.0. The maximum atomic E-state index is 6.38. The third-order valence-electron chi connectivity index (χ3n) is 6.26. The van der Waals surface area contributed by atoms with Gasteiger partial charge < -0.3 is 5.73 Å². The van der Waals surface area contributed by atoms with Gasteiger partial charge in [-0.3, -0.25) is 4.98 Å². The molecule has 0 saturated heterocycles. The van der Waals surface area contributed by atoms with Gasteiger partial charge >= 0.3 is 0 Å². The minimum absolute atomic E-state index is 0.0243. The van der Waals surface area contributed by atoms with E-state index in [-0.39, 0.29) is 5.41 Å². The lowest BCUT2D eigenvalue weighted by atomic mass is 9.81. The summed E-state index contributed by atoms with van der Waals surface area (Å²) >= 11 is 0. The van der Waals surface area contributed by atoms with Crippen LogP contribution in [0, 0.1) is 5.92 Å². The summed E-state index contributed by atoms with van der Waals surface area (Å²) in [5.74, 6) is 1.60. The lowest BCUT2D eigenvalue weighted by molar-refractivity contribution is 0.408. The van der Waals surface area contributed by atoms with Crippen LogP contribution < -0.4 is 5.73 Å². The molecule has 1 unspecified atom stereocenters. The Hall–Kier alpha value is -2.23. The number of hydrogen-bond acceptors (Lipinski definition) is 4. The van der Waals surface area contributed by atoms with Gasteiger partial charge in [-0.25, -0.2) is 9.97 Å². The summed E-state index contributed by atoms with van der Waals surface area (Å²) < 4.78 is 0. The molecule has 0 saturated carbocycles. The summed E-state index contributed by atoms with van der Waals surface area (Å²) in [6, 6.07) is 0. The number of pyridine rings is 1. The van der Waals surface area contributed by atoms with E-state index in [1.54, 1.807) is 6.20 Å². The third kappa shape index (κ3) is 3.45. The van der Waals surface area contributed by atoms with Crippen molar-refractivity contribution in [2.45, 2.75) is 78.1 Å². The Labute approximate surface area is 168 Å². The molecule has 2 aliphatic carbocycles. The van der Waals surface area contributed by atoms with Gasteiger partial charge in [0.05, 0.1) is 28.8 Å². The van der Waals surface area contributed by atoms with Crippen molar-refractivity contribution < 1.29 is 0 Å². The lowest BCUT2D eigenvalue weighted by Gasteiger charge is -2.27. The number of aryl methyl sites for hydroxylation is 1. The number of allylic oxidation sites excluding steroid dienone is 1. The number of fused-ring (bicyclic) bond motifs is 2. The monoisotopic (exact) mass is 376 g/mol. The van der Waals surface area contributed by atoms with Crippen molar-refractivity contribution >= 4 is 11.8 Å². The number of hydrogen-bond donors (Lipinski definition) is 1. The van der Waals surface area contributed by atoms with E-state index in [2.05, 4.69) is 44.8 Å². The molecule has 148 valence electrons. The van der Waals surface area contributed by atoms with E-state index in [1.165, 1.54) is 42.6 Å². The minimum Gasteiger partial charge on any atom is -0.397 e. The Balaban J connectivity index is 1.89. The Bertz CT molecular complexity index is 921. The van der Waals surface area contributed by atoms with Crippen molar-refractivity contribution in [3.8, 4) is 11.4 Å². The van der Waals surface area contributed by atoms with E-state index in [0.717, 1.165) is 47.8 Å². The standard InChI is InChI=1S/C24H32N4/c1-5-15-8-6-11-20-17(13-12-15)22(24(2,3)4)28-23(27-20)21-16-9-7-10-19(16)26-14-18(21)25/h7,9,14-15H,5-6,8,10-13,25H2,1-4H3. The van der Waals surface area contributed by atoms with Gasteiger partial charge in [-0.05, 0) is 37.2 Å². The second kappa shape index (κ2) is 7.31. The second-order valence-electron chi connectivity index (χ2n) is 9.33. The quantitative estimate of drug-likeness (QED) is 0.774. The number of rotatable bonds is 2. The summed E-state index contributed by atoms with van der Waals surface area (Å²) in [7, 11) is 0. The molecule has 2 aliphatic rings. The predicted octanol–water partition coefficient (Wildman–Crippen LogP) is 5.28. The van der Waals surface area contributed by atoms with Crippen molar-refractivity contribution in [1.29, 1.82) is 0 Å². The minimum atomic E-state index is -0.0243. The van der Waals surface area contributed by atoms with E-state index in [1.807, 2.05) is 0 Å². The number of nitrogens with zero attached hydrogens (tertiary/aromatic N) is 3. The van der Waals surface area contributed by atoms with Gasteiger partial charge in [0, 0.05) is 23.1 Å². The molecule has 2 heterocycles. The molecule has 0 radical (unpaired) electrons. The molecule has 2 aromatic heterocycles. The van der Waals surface area contributed by atoms with Crippen LogP contribution in [-0.4, -0.2) is 15.0 Å². The summed E-state index contributed by atoms with van der Waals surface area (Å²) in [6.45, 7) is 9.10. The van der Waals surface area contributed by atoms with Gasteiger partial charge in [0.15, 0.2) is 5.82 Å². The molecule has 1 atom stereocenters. The van der Waals surface area contributed by atoms with Crippen LogP contribution in [-0.2, 0) is 24.7 Å². The normalized spacial score (nSPS) is 19.1. The van der Waals surface area contributed by atoms with Gasteiger partial charge in [0.2, 0.25) is 0 Å². The van der Waals surface area contributed by atoms with Crippen LogP contribution in [0.25, 0.3) is 17.5 Å². The molecule has 2 N–H and O–H groups in total. The molecule has 2 aromatic rings. The SMILES string of the molecule is CCC1CCCc2nc(-c3c(N)cnc4c3C=CC4)nc(C(C)(C)C)c2CC1. The molecular formula is C24H32N4. The number of nitrogens with two attached hydrogens (primary N) is 1. The van der Waals surface area contributed by atoms with Gasteiger partial charge in [-0.15, -0.1) is 0 Å². The van der Waals surface area contributed by atoms with Crippen LogP contribution in [0.2, 0.25) is 0 Å². The van der Waals surface area contributed by atoms with Gasteiger partial charge in [0.1, 0.15) is 0 Å². The first kappa shape index (κ1) is 19.1. The van der Waals surface area contributed by atoms with Crippen molar-refractivity contribution in [3.05, 3.63) is 40.5 Å². The molecule has 4 rings (SSSR count). The topological polar surface area (TPSA) is 64.7 Å². The highest BCUT2D eigenvalue weighted by Gasteiger charge is 2.28. The first-order chi connectivity index (χ1) is 13.4.